The molecule has 7 heteroatoms. The van der Waals surface area contributed by atoms with Gasteiger partial charge in [0.25, 0.3) is 5.91 Å². The van der Waals surface area contributed by atoms with E-state index in [2.05, 4.69) is 10.5 Å². The zero-order valence-electron chi connectivity index (χ0n) is 12.8. The van der Waals surface area contributed by atoms with Crippen molar-refractivity contribution >= 4 is 12.1 Å². The Hall–Kier alpha value is -3.40. The molecule has 0 aliphatic carbocycles. The largest absolute Gasteiger partial charge is 0.504 e. The van der Waals surface area contributed by atoms with Gasteiger partial charge in [0.1, 0.15) is 5.82 Å². The van der Waals surface area contributed by atoms with E-state index in [1.165, 1.54) is 24.4 Å². The third kappa shape index (κ3) is 4.08. The summed E-state index contributed by atoms with van der Waals surface area (Å²) in [6.07, 6.45) is 1.33. The van der Waals surface area contributed by atoms with E-state index in [1.54, 1.807) is 25.1 Å². The number of hydrazone groups is 1. The van der Waals surface area contributed by atoms with E-state index in [0.717, 1.165) is 6.07 Å². The molecule has 0 fully saturated rings. The van der Waals surface area contributed by atoms with Gasteiger partial charge in [-0.15, -0.1) is 0 Å². The maximum Gasteiger partial charge on any atom is 0.274 e. The van der Waals surface area contributed by atoms with Crippen molar-refractivity contribution in [1.29, 1.82) is 5.26 Å². The Kier molecular flexibility index (Phi) is 5.47. The van der Waals surface area contributed by atoms with Gasteiger partial charge in [0.2, 0.25) is 0 Å². The van der Waals surface area contributed by atoms with Crippen LogP contribution in [0, 0.1) is 17.1 Å². The van der Waals surface area contributed by atoms with Crippen molar-refractivity contribution < 1.29 is 19.0 Å². The van der Waals surface area contributed by atoms with Crippen molar-refractivity contribution in [2.45, 2.75) is 6.92 Å². The minimum Gasteiger partial charge on any atom is -0.504 e. The molecular formula is C17H14FN3O3. The molecule has 0 radical (unpaired) electrons. The van der Waals surface area contributed by atoms with Crippen molar-refractivity contribution in [3.8, 4) is 17.6 Å². The number of nitriles is 1. The zero-order chi connectivity index (χ0) is 17.5. The van der Waals surface area contributed by atoms with Gasteiger partial charge in [0.15, 0.2) is 11.5 Å². The van der Waals surface area contributed by atoms with E-state index >= 15 is 0 Å². The summed E-state index contributed by atoms with van der Waals surface area (Å²) in [6.45, 7) is 2.18. The van der Waals surface area contributed by atoms with Crippen LogP contribution in [0.3, 0.4) is 0 Å². The van der Waals surface area contributed by atoms with E-state index < -0.39 is 11.7 Å². The number of amides is 1. The van der Waals surface area contributed by atoms with Crippen LogP contribution in [-0.2, 0) is 0 Å². The molecule has 0 saturated carbocycles. The van der Waals surface area contributed by atoms with Gasteiger partial charge in [-0.25, -0.2) is 9.82 Å². The number of hydrogen-bond donors (Lipinski definition) is 2. The highest BCUT2D eigenvalue weighted by Gasteiger charge is 2.11. The van der Waals surface area contributed by atoms with E-state index in [4.69, 9.17) is 10.00 Å². The monoisotopic (exact) mass is 327 g/mol. The summed E-state index contributed by atoms with van der Waals surface area (Å²) in [6, 6.07) is 9.89. The third-order valence-electron chi connectivity index (χ3n) is 3.01. The van der Waals surface area contributed by atoms with Crippen LogP contribution in [0.2, 0.25) is 0 Å². The molecule has 1 amide bonds. The van der Waals surface area contributed by atoms with Crippen LogP contribution in [0.25, 0.3) is 0 Å². The summed E-state index contributed by atoms with van der Waals surface area (Å²) >= 11 is 0. The Balaban J connectivity index is 2.07. The molecule has 24 heavy (non-hydrogen) atoms. The van der Waals surface area contributed by atoms with Crippen molar-refractivity contribution in [3.63, 3.8) is 0 Å². The number of phenolic OH excluding ortho intramolecular Hbond substituents is 1. The lowest BCUT2D eigenvalue weighted by molar-refractivity contribution is 0.0951. The number of phenols is 1. The fraction of sp³-hybridized carbons (Fsp3) is 0.118. The highest BCUT2D eigenvalue weighted by molar-refractivity contribution is 5.95. The predicted octanol–water partition coefficient (Wildman–Crippen LogP) is 2.57. The summed E-state index contributed by atoms with van der Waals surface area (Å²) in [4.78, 5) is 11.9. The molecule has 2 aromatic carbocycles. The molecule has 0 atom stereocenters. The second-order valence-electron chi connectivity index (χ2n) is 4.67. The Morgan fingerprint density at radius 1 is 1.42 bits per heavy atom. The van der Waals surface area contributed by atoms with Gasteiger partial charge in [-0.3, -0.25) is 4.79 Å². The first kappa shape index (κ1) is 17.0. The molecule has 2 rings (SSSR count). The number of nitrogens with zero attached hydrogens (tertiary/aromatic N) is 2. The Morgan fingerprint density at radius 2 is 2.21 bits per heavy atom. The number of nitrogens with one attached hydrogen (secondary N) is 1. The standard InChI is InChI=1S/C17H14FN3O3/c1-2-24-16-8-12(4-6-15(16)22)10-20-21-17(23)13-5-3-11(9-19)7-14(13)18/h3-8,10,22H,2H2,1H3,(H,21,23)/b20-10-. The number of ether oxygens (including phenoxy) is 1. The van der Waals surface area contributed by atoms with Gasteiger partial charge in [-0.1, -0.05) is 0 Å². The third-order valence-corrected chi connectivity index (χ3v) is 3.01. The molecule has 6 nitrogen and oxygen atoms in total. The lowest BCUT2D eigenvalue weighted by atomic mass is 10.1. The molecular weight excluding hydrogens is 313 g/mol. The Morgan fingerprint density at radius 3 is 2.88 bits per heavy atom. The predicted molar refractivity (Wildman–Crippen MR) is 85.5 cm³/mol. The van der Waals surface area contributed by atoms with Gasteiger partial charge in [0, 0.05) is 0 Å². The Labute approximate surface area is 137 Å². The molecule has 0 unspecified atom stereocenters. The molecule has 0 aliphatic heterocycles. The normalized spacial score (nSPS) is 10.4. The first-order valence-corrected chi connectivity index (χ1v) is 7.04. The van der Waals surface area contributed by atoms with Gasteiger partial charge >= 0.3 is 0 Å². The molecule has 0 aromatic heterocycles. The lowest BCUT2D eigenvalue weighted by Crippen LogP contribution is -2.19. The average Bonchev–Trinajstić information content (AvgIpc) is 2.57. The highest BCUT2D eigenvalue weighted by atomic mass is 19.1. The summed E-state index contributed by atoms with van der Waals surface area (Å²) in [7, 11) is 0. The number of rotatable bonds is 5. The Bertz CT molecular complexity index is 828. The number of benzene rings is 2. The summed E-state index contributed by atoms with van der Waals surface area (Å²) in [5.74, 6) is -1.24. The first-order chi connectivity index (χ1) is 11.5. The molecule has 0 spiro atoms. The van der Waals surface area contributed by atoms with Crippen molar-refractivity contribution in [1.82, 2.24) is 5.43 Å². The van der Waals surface area contributed by atoms with Crippen LogP contribution >= 0.6 is 0 Å². The number of hydrogen-bond acceptors (Lipinski definition) is 5. The quantitative estimate of drug-likeness (QED) is 0.652. The summed E-state index contributed by atoms with van der Waals surface area (Å²) < 4.78 is 18.9. The van der Waals surface area contributed by atoms with Gasteiger partial charge in [0.05, 0.1) is 30.0 Å². The number of carbonyl (C=O) groups excluding carboxylic acids is 1. The maximum atomic E-state index is 13.7. The smallest absolute Gasteiger partial charge is 0.274 e. The molecule has 122 valence electrons. The van der Waals surface area contributed by atoms with Gasteiger partial charge in [-0.05, 0) is 48.9 Å². The van der Waals surface area contributed by atoms with E-state index in [-0.39, 0.29) is 16.9 Å². The SMILES string of the molecule is CCOc1cc(/C=N\NC(=O)c2ccc(C#N)cc2F)ccc1O. The van der Waals surface area contributed by atoms with E-state index in [9.17, 15) is 14.3 Å². The van der Waals surface area contributed by atoms with Crippen molar-refractivity contribution in [3.05, 3.63) is 58.9 Å². The first-order valence-electron chi connectivity index (χ1n) is 7.04. The zero-order valence-corrected chi connectivity index (χ0v) is 12.8. The number of aromatic hydroxyl groups is 1. The fourth-order valence-corrected chi connectivity index (χ4v) is 1.88. The summed E-state index contributed by atoms with van der Waals surface area (Å²) in [5, 5.41) is 22.0. The molecule has 0 saturated heterocycles. The minimum atomic E-state index is -0.801. The van der Waals surface area contributed by atoms with E-state index in [0.29, 0.717) is 17.9 Å². The molecule has 2 aromatic rings. The average molecular weight is 327 g/mol. The second-order valence-corrected chi connectivity index (χ2v) is 4.67. The molecule has 0 bridgehead atoms. The van der Waals surface area contributed by atoms with E-state index in [1.807, 2.05) is 0 Å². The lowest BCUT2D eigenvalue weighted by Gasteiger charge is -2.06. The second kappa shape index (κ2) is 7.74. The van der Waals surface area contributed by atoms with Crippen LogP contribution < -0.4 is 10.2 Å². The number of halogens is 1. The topological polar surface area (TPSA) is 94.7 Å². The van der Waals surface area contributed by atoms with Crippen molar-refractivity contribution in [2.24, 2.45) is 5.10 Å². The summed E-state index contributed by atoms with van der Waals surface area (Å²) in [5.41, 5.74) is 2.69. The molecule has 0 heterocycles. The van der Waals surface area contributed by atoms with Crippen LogP contribution in [0.5, 0.6) is 11.5 Å². The fourth-order valence-electron chi connectivity index (χ4n) is 1.88. The van der Waals surface area contributed by atoms with Crippen LogP contribution in [0.15, 0.2) is 41.5 Å². The van der Waals surface area contributed by atoms with Gasteiger partial charge in [-0.2, -0.15) is 10.4 Å². The molecule has 0 aliphatic rings. The minimum absolute atomic E-state index is 0.00214. The van der Waals surface area contributed by atoms with Crippen LogP contribution in [0.4, 0.5) is 4.39 Å². The van der Waals surface area contributed by atoms with Gasteiger partial charge < -0.3 is 9.84 Å². The van der Waals surface area contributed by atoms with Crippen LogP contribution in [-0.4, -0.2) is 23.8 Å². The number of carbonyl (C=O) groups is 1. The maximum absolute atomic E-state index is 13.7. The molecule has 2 N–H and O–H groups in total. The highest BCUT2D eigenvalue weighted by Crippen LogP contribution is 2.26. The van der Waals surface area contributed by atoms with Crippen molar-refractivity contribution in [2.75, 3.05) is 6.61 Å². The van der Waals surface area contributed by atoms with Crippen LogP contribution in [0.1, 0.15) is 28.4 Å².